The molecule has 1 aliphatic heterocycles. The molecule has 1 aromatic heterocycles. The summed E-state index contributed by atoms with van der Waals surface area (Å²) in [6.45, 7) is 2.78. The van der Waals surface area contributed by atoms with E-state index >= 15 is 0 Å². The first-order valence-corrected chi connectivity index (χ1v) is 10.5. The van der Waals surface area contributed by atoms with Gasteiger partial charge in [-0.3, -0.25) is 4.79 Å². The van der Waals surface area contributed by atoms with Crippen molar-refractivity contribution in [2.24, 2.45) is 0 Å². The third-order valence-electron chi connectivity index (χ3n) is 5.96. The molecular weight excluding hydrogens is 384 g/mol. The lowest BCUT2D eigenvalue weighted by molar-refractivity contribution is 0.0986. The van der Waals surface area contributed by atoms with Gasteiger partial charge in [0.15, 0.2) is 0 Å². The number of benzene rings is 3. The van der Waals surface area contributed by atoms with Gasteiger partial charge in [-0.05, 0) is 48.4 Å². The van der Waals surface area contributed by atoms with Crippen LogP contribution in [0.3, 0.4) is 0 Å². The van der Waals surface area contributed by atoms with E-state index in [1.165, 1.54) is 17.0 Å². The van der Waals surface area contributed by atoms with Crippen molar-refractivity contribution in [3.63, 3.8) is 0 Å². The van der Waals surface area contributed by atoms with E-state index in [1.807, 2.05) is 47.4 Å². The van der Waals surface area contributed by atoms with E-state index in [4.69, 9.17) is 0 Å². The Labute approximate surface area is 182 Å². The van der Waals surface area contributed by atoms with Gasteiger partial charge in [-0.2, -0.15) is 0 Å². The molecule has 5 rings (SSSR count). The summed E-state index contributed by atoms with van der Waals surface area (Å²) in [5.41, 5.74) is 6.44. The molecule has 0 fully saturated rings. The Hall–Kier alpha value is -3.63. The average Bonchev–Trinajstić information content (AvgIpc) is 3.18. The van der Waals surface area contributed by atoms with Crippen molar-refractivity contribution in [3.8, 4) is 5.69 Å². The number of anilines is 1. The van der Waals surface area contributed by atoms with E-state index in [0.29, 0.717) is 12.1 Å². The minimum Gasteiger partial charge on any atom is -0.412 e. The van der Waals surface area contributed by atoms with Crippen LogP contribution in [0.4, 0.5) is 5.69 Å². The van der Waals surface area contributed by atoms with Crippen LogP contribution < -0.4 is 4.90 Å². The number of amides is 1. The maximum atomic E-state index is 13.6. The molecule has 3 aromatic carbocycles. The number of aryl methyl sites for hydroxylation is 1. The van der Waals surface area contributed by atoms with Gasteiger partial charge in [-0.15, -0.1) is 0 Å². The molecule has 0 spiro atoms. The monoisotopic (exact) mass is 410 g/mol. The van der Waals surface area contributed by atoms with Crippen LogP contribution in [-0.4, -0.2) is 22.5 Å². The van der Waals surface area contributed by atoms with Crippen LogP contribution in [0.1, 0.15) is 40.2 Å². The van der Waals surface area contributed by atoms with Gasteiger partial charge in [0.05, 0.1) is 11.4 Å². The second-order valence-corrected chi connectivity index (χ2v) is 7.67. The largest absolute Gasteiger partial charge is 0.412 e. The van der Waals surface area contributed by atoms with Crippen molar-refractivity contribution in [1.29, 1.82) is 0 Å². The Balaban J connectivity index is 0.00000231. The maximum absolute atomic E-state index is 13.6. The van der Waals surface area contributed by atoms with E-state index < -0.39 is 0 Å². The molecule has 0 aliphatic carbocycles. The first-order chi connectivity index (χ1) is 14.8. The summed E-state index contributed by atoms with van der Waals surface area (Å²) in [6, 6.07) is 32.8. The van der Waals surface area contributed by atoms with Crippen LogP contribution in [0.5, 0.6) is 0 Å². The first kappa shape index (κ1) is 20.6. The zero-order chi connectivity index (χ0) is 20.5. The van der Waals surface area contributed by atoms with Crippen LogP contribution in [-0.2, 0) is 6.42 Å². The van der Waals surface area contributed by atoms with Crippen LogP contribution in [0, 0.1) is 0 Å². The number of para-hydroxylation sites is 2. The minimum atomic E-state index is 0. The summed E-state index contributed by atoms with van der Waals surface area (Å²) in [4.78, 5) is 15.6. The molecule has 0 saturated heterocycles. The predicted octanol–water partition coefficient (Wildman–Crippen LogP) is 5.01. The standard InChI is InChI=1S/C27H24N2O.H2O/c1-2-22-17-18-24-23(20-11-5-3-6-12-20)19-28(27(30)21-13-7-4-8-14-21)25-15-9-10-16-26(25)29(22)24;/h3-18,23H,2,19H2,1H3;1H2/t23-;/m0./s1. The number of hydrogen-bond donors (Lipinski definition) is 0. The minimum absolute atomic E-state index is 0. The fourth-order valence-electron chi connectivity index (χ4n) is 4.48. The lowest BCUT2D eigenvalue weighted by atomic mass is 9.95. The van der Waals surface area contributed by atoms with Crippen molar-refractivity contribution >= 4 is 11.6 Å². The molecule has 156 valence electrons. The lowest BCUT2D eigenvalue weighted by Gasteiger charge is -2.26. The van der Waals surface area contributed by atoms with Gasteiger partial charge >= 0.3 is 0 Å². The molecule has 1 amide bonds. The highest BCUT2D eigenvalue weighted by Gasteiger charge is 2.32. The number of nitrogens with zero attached hydrogens (tertiary/aromatic N) is 2. The van der Waals surface area contributed by atoms with Crippen molar-refractivity contribution in [3.05, 3.63) is 120 Å². The Morgan fingerprint density at radius 3 is 2.10 bits per heavy atom. The van der Waals surface area contributed by atoms with Gasteiger partial charge in [0.1, 0.15) is 0 Å². The Bertz CT molecular complexity index is 1180. The van der Waals surface area contributed by atoms with Gasteiger partial charge in [-0.1, -0.05) is 67.6 Å². The summed E-state index contributed by atoms with van der Waals surface area (Å²) in [5.74, 6) is 0.124. The van der Waals surface area contributed by atoms with Gasteiger partial charge < -0.3 is 14.9 Å². The van der Waals surface area contributed by atoms with Crippen LogP contribution in [0.2, 0.25) is 0 Å². The number of rotatable bonds is 3. The van der Waals surface area contributed by atoms with Crippen LogP contribution in [0.25, 0.3) is 5.69 Å². The zero-order valence-corrected chi connectivity index (χ0v) is 17.5. The summed E-state index contributed by atoms with van der Waals surface area (Å²) in [7, 11) is 0. The average molecular weight is 411 g/mol. The maximum Gasteiger partial charge on any atom is 0.258 e. The summed E-state index contributed by atoms with van der Waals surface area (Å²) < 4.78 is 2.35. The molecular formula is C27H26N2O2. The quantitative estimate of drug-likeness (QED) is 0.468. The summed E-state index contributed by atoms with van der Waals surface area (Å²) >= 11 is 0. The third-order valence-corrected chi connectivity index (χ3v) is 5.96. The van der Waals surface area contributed by atoms with E-state index in [9.17, 15) is 4.79 Å². The number of carbonyl (C=O) groups is 1. The zero-order valence-electron chi connectivity index (χ0n) is 17.5. The number of carbonyl (C=O) groups excluding carboxylic acids is 1. The molecule has 4 aromatic rings. The lowest BCUT2D eigenvalue weighted by Crippen LogP contribution is -2.34. The second-order valence-electron chi connectivity index (χ2n) is 7.67. The first-order valence-electron chi connectivity index (χ1n) is 10.5. The van der Waals surface area contributed by atoms with E-state index in [1.54, 1.807) is 0 Å². The van der Waals surface area contributed by atoms with Crippen molar-refractivity contribution in [2.45, 2.75) is 19.3 Å². The van der Waals surface area contributed by atoms with Gasteiger partial charge in [-0.25, -0.2) is 0 Å². The third kappa shape index (κ3) is 3.56. The molecule has 0 bridgehead atoms. The molecule has 4 nitrogen and oxygen atoms in total. The smallest absolute Gasteiger partial charge is 0.258 e. The molecule has 2 heterocycles. The fourth-order valence-corrected chi connectivity index (χ4v) is 4.48. The molecule has 31 heavy (non-hydrogen) atoms. The fraction of sp³-hybridized carbons (Fsp3) is 0.148. The Morgan fingerprint density at radius 2 is 1.42 bits per heavy atom. The van der Waals surface area contributed by atoms with Crippen molar-refractivity contribution in [1.82, 2.24) is 4.57 Å². The number of aromatic nitrogens is 1. The molecule has 1 atom stereocenters. The highest BCUT2D eigenvalue weighted by molar-refractivity contribution is 6.07. The number of fused-ring (bicyclic) bond motifs is 3. The van der Waals surface area contributed by atoms with Gasteiger partial charge in [0.2, 0.25) is 0 Å². The molecule has 4 heteroatoms. The molecule has 0 radical (unpaired) electrons. The SMILES string of the molecule is CCc1ccc2n1-c1ccccc1N(C(=O)c1ccccc1)C[C@H]2c1ccccc1.O. The molecule has 1 aliphatic rings. The second kappa shape index (κ2) is 8.62. The highest BCUT2D eigenvalue weighted by atomic mass is 16.2. The van der Waals surface area contributed by atoms with Gasteiger partial charge in [0, 0.05) is 29.4 Å². The molecule has 2 N–H and O–H groups in total. The van der Waals surface area contributed by atoms with Crippen LogP contribution in [0.15, 0.2) is 97.1 Å². The predicted molar refractivity (Wildman–Crippen MR) is 125 cm³/mol. The van der Waals surface area contributed by atoms with E-state index in [2.05, 4.69) is 66.1 Å². The number of hydrogen-bond acceptors (Lipinski definition) is 1. The highest BCUT2D eigenvalue weighted by Crippen LogP contribution is 2.39. The van der Waals surface area contributed by atoms with Crippen LogP contribution >= 0.6 is 0 Å². The van der Waals surface area contributed by atoms with Crippen molar-refractivity contribution in [2.75, 3.05) is 11.4 Å². The molecule has 0 unspecified atom stereocenters. The normalized spacial score (nSPS) is 14.7. The topological polar surface area (TPSA) is 56.7 Å². The molecule has 0 saturated carbocycles. The van der Waals surface area contributed by atoms with E-state index in [-0.39, 0.29) is 17.3 Å². The van der Waals surface area contributed by atoms with Crippen molar-refractivity contribution < 1.29 is 10.3 Å². The Kier molecular flexibility index (Phi) is 5.74. The van der Waals surface area contributed by atoms with E-state index in [0.717, 1.165) is 17.8 Å². The Morgan fingerprint density at radius 1 is 0.806 bits per heavy atom. The van der Waals surface area contributed by atoms with Gasteiger partial charge in [0.25, 0.3) is 5.91 Å². The summed E-state index contributed by atoms with van der Waals surface area (Å²) in [6.07, 6.45) is 0.933. The summed E-state index contributed by atoms with van der Waals surface area (Å²) in [5, 5.41) is 0.